The normalized spacial score (nSPS) is 22.8. The van der Waals surface area contributed by atoms with Crippen LogP contribution in [0, 0.1) is 0 Å². The molecular formula is C19H25N3O3. The number of benzene rings is 1. The highest BCUT2D eigenvalue weighted by atomic mass is 16.2. The lowest BCUT2D eigenvalue weighted by atomic mass is 9.76. The minimum Gasteiger partial charge on any atom is -0.350 e. The first-order valence-electron chi connectivity index (χ1n) is 8.82. The van der Waals surface area contributed by atoms with Crippen molar-refractivity contribution in [1.29, 1.82) is 0 Å². The van der Waals surface area contributed by atoms with Crippen molar-refractivity contribution in [2.75, 3.05) is 6.54 Å². The van der Waals surface area contributed by atoms with Gasteiger partial charge < -0.3 is 10.6 Å². The number of rotatable bonds is 4. The summed E-state index contributed by atoms with van der Waals surface area (Å²) in [6.07, 6.45) is 3.04. The summed E-state index contributed by atoms with van der Waals surface area (Å²) in [5.74, 6) is -0.648. The number of imide groups is 1. The molecule has 0 aromatic heterocycles. The van der Waals surface area contributed by atoms with E-state index in [0.717, 1.165) is 35.3 Å². The second-order valence-corrected chi connectivity index (χ2v) is 7.52. The van der Waals surface area contributed by atoms with E-state index >= 15 is 0 Å². The molecule has 6 nitrogen and oxygen atoms in total. The SMILES string of the molecule is CCC(C)(C)NC(=O)CN1C(=O)N[C@@]2(CCCc3ccccc32)C1=O. The summed E-state index contributed by atoms with van der Waals surface area (Å²) in [4.78, 5) is 38.9. The van der Waals surface area contributed by atoms with Crippen LogP contribution in [0.15, 0.2) is 24.3 Å². The summed E-state index contributed by atoms with van der Waals surface area (Å²) < 4.78 is 0. The highest BCUT2D eigenvalue weighted by Crippen LogP contribution is 2.39. The van der Waals surface area contributed by atoms with E-state index in [1.807, 2.05) is 45.0 Å². The number of hydrogen-bond donors (Lipinski definition) is 2. The molecule has 134 valence electrons. The van der Waals surface area contributed by atoms with Gasteiger partial charge in [-0.2, -0.15) is 0 Å². The number of carbonyl (C=O) groups excluding carboxylic acids is 3. The van der Waals surface area contributed by atoms with E-state index in [0.29, 0.717) is 6.42 Å². The first-order chi connectivity index (χ1) is 11.8. The Bertz CT molecular complexity index is 728. The third-order valence-corrected chi connectivity index (χ3v) is 5.31. The van der Waals surface area contributed by atoms with Gasteiger partial charge in [-0.05, 0) is 50.7 Å². The molecule has 4 amide bonds. The Morgan fingerprint density at radius 2 is 2.04 bits per heavy atom. The van der Waals surface area contributed by atoms with Gasteiger partial charge in [0, 0.05) is 5.54 Å². The number of hydrogen-bond acceptors (Lipinski definition) is 3. The van der Waals surface area contributed by atoms with Gasteiger partial charge in [0.05, 0.1) is 0 Å². The topological polar surface area (TPSA) is 78.5 Å². The lowest BCUT2D eigenvalue weighted by Gasteiger charge is -2.33. The predicted molar refractivity (Wildman–Crippen MR) is 93.8 cm³/mol. The molecule has 6 heteroatoms. The Morgan fingerprint density at radius 1 is 1.32 bits per heavy atom. The van der Waals surface area contributed by atoms with Gasteiger partial charge in [-0.3, -0.25) is 14.5 Å². The smallest absolute Gasteiger partial charge is 0.325 e. The Kier molecular flexibility index (Phi) is 4.31. The van der Waals surface area contributed by atoms with Gasteiger partial charge in [0.25, 0.3) is 5.91 Å². The van der Waals surface area contributed by atoms with E-state index in [1.165, 1.54) is 0 Å². The molecule has 1 aromatic carbocycles. The first kappa shape index (κ1) is 17.5. The van der Waals surface area contributed by atoms with Crippen molar-refractivity contribution < 1.29 is 14.4 Å². The molecule has 1 heterocycles. The number of carbonyl (C=O) groups is 3. The summed E-state index contributed by atoms with van der Waals surface area (Å²) in [6, 6.07) is 7.22. The fraction of sp³-hybridized carbons (Fsp3) is 0.526. The van der Waals surface area contributed by atoms with E-state index in [2.05, 4.69) is 10.6 Å². The minimum atomic E-state index is -1.02. The van der Waals surface area contributed by atoms with Crippen LogP contribution in [0.1, 0.15) is 51.2 Å². The number of fused-ring (bicyclic) bond motifs is 2. The summed E-state index contributed by atoms with van der Waals surface area (Å²) in [7, 11) is 0. The maximum atomic E-state index is 13.1. The fourth-order valence-corrected chi connectivity index (χ4v) is 3.60. The second-order valence-electron chi connectivity index (χ2n) is 7.52. The van der Waals surface area contributed by atoms with Gasteiger partial charge >= 0.3 is 6.03 Å². The lowest BCUT2D eigenvalue weighted by molar-refractivity contribution is -0.136. The molecule has 0 saturated carbocycles. The van der Waals surface area contributed by atoms with Crippen molar-refractivity contribution >= 4 is 17.8 Å². The van der Waals surface area contributed by atoms with Crippen LogP contribution in [-0.4, -0.2) is 34.8 Å². The number of nitrogens with zero attached hydrogens (tertiary/aromatic N) is 1. The average Bonchev–Trinajstić information content (AvgIpc) is 2.80. The van der Waals surface area contributed by atoms with Crippen LogP contribution in [-0.2, 0) is 21.5 Å². The molecule has 1 aromatic rings. The van der Waals surface area contributed by atoms with E-state index in [-0.39, 0.29) is 23.9 Å². The number of aryl methyl sites for hydroxylation is 1. The van der Waals surface area contributed by atoms with E-state index in [1.54, 1.807) is 0 Å². The Hall–Kier alpha value is -2.37. The van der Waals surface area contributed by atoms with Crippen LogP contribution in [0.5, 0.6) is 0 Å². The van der Waals surface area contributed by atoms with Crippen molar-refractivity contribution in [1.82, 2.24) is 15.5 Å². The van der Waals surface area contributed by atoms with Crippen molar-refractivity contribution in [2.24, 2.45) is 0 Å². The monoisotopic (exact) mass is 343 g/mol. The van der Waals surface area contributed by atoms with Gasteiger partial charge in [-0.1, -0.05) is 31.2 Å². The summed E-state index contributed by atoms with van der Waals surface area (Å²) in [5, 5.41) is 5.74. The first-order valence-corrected chi connectivity index (χ1v) is 8.82. The summed E-state index contributed by atoms with van der Waals surface area (Å²) in [5.41, 5.74) is 0.551. The lowest BCUT2D eigenvalue weighted by Crippen LogP contribution is -2.49. The Labute approximate surface area is 148 Å². The maximum Gasteiger partial charge on any atom is 0.325 e. The van der Waals surface area contributed by atoms with Gasteiger partial charge in [0.1, 0.15) is 12.1 Å². The number of amides is 4. The fourth-order valence-electron chi connectivity index (χ4n) is 3.60. The average molecular weight is 343 g/mol. The van der Waals surface area contributed by atoms with Gasteiger partial charge in [0.2, 0.25) is 5.91 Å². The van der Waals surface area contributed by atoms with Crippen LogP contribution in [0.4, 0.5) is 4.79 Å². The largest absolute Gasteiger partial charge is 0.350 e. The third-order valence-electron chi connectivity index (χ3n) is 5.31. The van der Waals surface area contributed by atoms with Crippen LogP contribution in [0.3, 0.4) is 0 Å². The van der Waals surface area contributed by atoms with E-state index < -0.39 is 11.6 Å². The van der Waals surface area contributed by atoms with Crippen molar-refractivity contribution in [2.45, 2.75) is 57.5 Å². The summed E-state index contributed by atoms with van der Waals surface area (Å²) >= 11 is 0. The number of urea groups is 1. The minimum absolute atomic E-state index is 0.252. The predicted octanol–water partition coefficient (Wildman–Crippen LogP) is 2.07. The van der Waals surface area contributed by atoms with E-state index in [4.69, 9.17) is 0 Å². The van der Waals surface area contributed by atoms with Crippen molar-refractivity contribution in [3.05, 3.63) is 35.4 Å². The molecular weight excluding hydrogens is 318 g/mol. The zero-order chi connectivity index (χ0) is 18.2. The molecule has 1 saturated heterocycles. The van der Waals surface area contributed by atoms with Gasteiger partial charge in [-0.15, -0.1) is 0 Å². The van der Waals surface area contributed by atoms with Crippen LogP contribution in [0.25, 0.3) is 0 Å². The molecule has 1 spiro atoms. The third kappa shape index (κ3) is 3.01. The molecule has 1 fully saturated rings. The molecule has 2 N–H and O–H groups in total. The van der Waals surface area contributed by atoms with Crippen molar-refractivity contribution in [3.8, 4) is 0 Å². The molecule has 0 unspecified atom stereocenters. The zero-order valence-corrected chi connectivity index (χ0v) is 15.0. The maximum absolute atomic E-state index is 13.1. The Morgan fingerprint density at radius 3 is 2.76 bits per heavy atom. The molecule has 0 bridgehead atoms. The molecule has 1 aliphatic carbocycles. The molecule has 0 radical (unpaired) electrons. The van der Waals surface area contributed by atoms with Crippen LogP contribution in [0.2, 0.25) is 0 Å². The summed E-state index contributed by atoms with van der Waals surface area (Å²) in [6.45, 7) is 5.55. The highest BCUT2D eigenvalue weighted by Gasteiger charge is 2.54. The number of nitrogens with one attached hydrogen (secondary N) is 2. The van der Waals surface area contributed by atoms with Gasteiger partial charge in [-0.25, -0.2) is 4.79 Å². The molecule has 1 aliphatic heterocycles. The highest BCUT2D eigenvalue weighted by molar-refractivity contribution is 6.09. The second kappa shape index (κ2) is 6.17. The van der Waals surface area contributed by atoms with Crippen LogP contribution < -0.4 is 10.6 Å². The van der Waals surface area contributed by atoms with Gasteiger partial charge in [0.15, 0.2) is 0 Å². The molecule has 1 atom stereocenters. The van der Waals surface area contributed by atoms with Crippen LogP contribution >= 0.6 is 0 Å². The zero-order valence-electron chi connectivity index (χ0n) is 15.0. The molecule has 3 rings (SSSR count). The standard InChI is InChI=1S/C19H25N3O3/c1-4-18(2,3)20-15(23)12-22-16(24)19(21-17(22)25)11-7-9-13-8-5-6-10-14(13)19/h5-6,8,10H,4,7,9,11-12H2,1-3H3,(H,20,23)(H,21,25)/t19-/m1/s1. The Balaban J connectivity index is 1.83. The quantitative estimate of drug-likeness (QED) is 0.822. The molecule has 25 heavy (non-hydrogen) atoms. The molecule has 2 aliphatic rings. The van der Waals surface area contributed by atoms with E-state index in [9.17, 15) is 14.4 Å². The van der Waals surface area contributed by atoms with Crippen molar-refractivity contribution in [3.63, 3.8) is 0 Å².